The van der Waals surface area contributed by atoms with Crippen molar-refractivity contribution in [3.8, 4) is 33.9 Å². The van der Waals surface area contributed by atoms with E-state index >= 15 is 0 Å². The summed E-state index contributed by atoms with van der Waals surface area (Å²) < 4.78 is 6.61. The molecule has 0 N–H and O–H groups in total. The smallest absolute Gasteiger partial charge is 0.503 e. The fourth-order valence-corrected chi connectivity index (χ4v) is 7.37. The molecular formula is C47H40N2OPt. The van der Waals surface area contributed by atoms with Gasteiger partial charge in [0.2, 0.25) is 0 Å². The Hall–Kier alpha value is -4.85. The fourth-order valence-electron chi connectivity index (χ4n) is 7.37. The van der Waals surface area contributed by atoms with Gasteiger partial charge in [-0.3, -0.25) is 4.98 Å². The molecule has 0 amide bonds. The largest absolute Gasteiger partial charge is 2.00 e. The Morgan fingerprint density at radius 2 is 1.20 bits per heavy atom. The van der Waals surface area contributed by atoms with Gasteiger partial charge in [-0.2, -0.15) is 12.1 Å². The van der Waals surface area contributed by atoms with Crippen LogP contribution in [0.2, 0.25) is 0 Å². The van der Waals surface area contributed by atoms with Crippen molar-refractivity contribution >= 4 is 10.8 Å². The minimum atomic E-state index is -0.716. The Kier molecular flexibility index (Phi) is 8.84. The molecule has 4 heteroatoms. The minimum Gasteiger partial charge on any atom is -0.503 e. The van der Waals surface area contributed by atoms with E-state index in [1.165, 1.54) is 33.4 Å². The van der Waals surface area contributed by atoms with Crippen LogP contribution in [0.1, 0.15) is 75.1 Å². The summed E-state index contributed by atoms with van der Waals surface area (Å²) in [6.07, 6.45) is 3.75. The monoisotopic (exact) mass is 843 g/mol. The molecule has 2 aromatic heterocycles. The van der Waals surface area contributed by atoms with Crippen molar-refractivity contribution in [2.75, 3.05) is 0 Å². The number of ether oxygens (including phenoxy) is 1. The molecule has 7 aromatic rings. The third-order valence-electron chi connectivity index (χ3n) is 10.0. The number of benzene rings is 5. The Morgan fingerprint density at radius 3 is 1.84 bits per heavy atom. The Balaban J connectivity index is 0.00000406. The molecule has 5 aromatic carbocycles. The van der Waals surface area contributed by atoms with Crippen LogP contribution in [0.25, 0.3) is 33.2 Å². The second-order valence-electron chi connectivity index (χ2n) is 15.3. The average molecular weight is 844 g/mol. The van der Waals surface area contributed by atoms with E-state index in [0.717, 1.165) is 33.3 Å². The van der Waals surface area contributed by atoms with Gasteiger partial charge in [0.25, 0.3) is 0 Å². The molecule has 51 heavy (non-hydrogen) atoms. The van der Waals surface area contributed by atoms with Crippen molar-refractivity contribution in [3.63, 3.8) is 0 Å². The van der Waals surface area contributed by atoms with Crippen LogP contribution in [0.15, 0.2) is 134 Å². The van der Waals surface area contributed by atoms with Crippen LogP contribution in [0, 0.1) is 12.1 Å². The van der Waals surface area contributed by atoms with Gasteiger partial charge in [-0.15, -0.1) is 41.5 Å². The van der Waals surface area contributed by atoms with Crippen molar-refractivity contribution in [3.05, 3.63) is 179 Å². The number of rotatable bonds is 5. The third-order valence-corrected chi connectivity index (χ3v) is 10.0. The van der Waals surface area contributed by atoms with Crippen molar-refractivity contribution in [1.82, 2.24) is 9.97 Å². The maximum absolute atomic E-state index is 6.61. The molecule has 0 atom stereocenters. The summed E-state index contributed by atoms with van der Waals surface area (Å²) in [6, 6.07) is 50.0. The molecular weight excluding hydrogens is 804 g/mol. The molecule has 0 spiro atoms. The van der Waals surface area contributed by atoms with Crippen LogP contribution >= 0.6 is 0 Å². The number of fused-ring (bicyclic) bond motifs is 4. The second-order valence-corrected chi connectivity index (χ2v) is 15.3. The SMILES string of the molecule is CC(C)(C)c1ccc2c(c1)C(c1[c-]c(Oc3[c-]c(-c4nccc5ccccc45)ccc3)ccc1)(c1ccccn1)c1cc(C(C)(C)C)ccc1-2.[Pt+2]. The Labute approximate surface area is 316 Å². The summed E-state index contributed by atoms with van der Waals surface area (Å²) in [5.41, 5.74) is 10.3. The predicted molar refractivity (Wildman–Crippen MR) is 204 cm³/mol. The first-order valence-electron chi connectivity index (χ1n) is 17.3. The quantitative estimate of drug-likeness (QED) is 0.162. The number of hydrogen-bond acceptors (Lipinski definition) is 3. The molecule has 3 nitrogen and oxygen atoms in total. The van der Waals surface area contributed by atoms with Crippen LogP contribution in [0.3, 0.4) is 0 Å². The zero-order valence-electron chi connectivity index (χ0n) is 29.8. The zero-order valence-corrected chi connectivity index (χ0v) is 32.1. The van der Waals surface area contributed by atoms with Crippen LogP contribution in [0.5, 0.6) is 11.5 Å². The second kappa shape index (κ2) is 13.0. The number of aromatic nitrogens is 2. The van der Waals surface area contributed by atoms with Crippen LogP contribution in [-0.2, 0) is 37.3 Å². The van der Waals surface area contributed by atoms with Gasteiger partial charge >= 0.3 is 21.1 Å². The number of hydrogen-bond donors (Lipinski definition) is 0. The third kappa shape index (κ3) is 6.02. The summed E-state index contributed by atoms with van der Waals surface area (Å²) in [5.74, 6) is 1.22. The number of nitrogens with zero attached hydrogens (tertiary/aromatic N) is 2. The van der Waals surface area contributed by atoms with E-state index in [4.69, 9.17) is 14.7 Å². The average Bonchev–Trinajstić information content (AvgIpc) is 3.41. The first-order valence-corrected chi connectivity index (χ1v) is 17.3. The predicted octanol–water partition coefficient (Wildman–Crippen LogP) is 11.6. The molecule has 1 aliphatic rings. The first-order chi connectivity index (χ1) is 24.0. The molecule has 8 rings (SSSR count). The van der Waals surface area contributed by atoms with E-state index in [9.17, 15) is 0 Å². The Morgan fingerprint density at radius 1 is 0.569 bits per heavy atom. The molecule has 0 saturated carbocycles. The van der Waals surface area contributed by atoms with Crippen LogP contribution < -0.4 is 4.74 Å². The zero-order chi connectivity index (χ0) is 34.7. The van der Waals surface area contributed by atoms with Gasteiger partial charge < -0.3 is 9.72 Å². The van der Waals surface area contributed by atoms with E-state index in [0.29, 0.717) is 11.5 Å². The first kappa shape index (κ1) is 34.6. The van der Waals surface area contributed by atoms with E-state index in [-0.39, 0.29) is 31.9 Å². The van der Waals surface area contributed by atoms with E-state index in [1.54, 1.807) is 0 Å². The normalized spacial score (nSPS) is 13.3. The van der Waals surface area contributed by atoms with Crippen LogP contribution in [0.4, 0.5) is 0 Å². The van der Waals surface area contributed by atoms with Crippen LogP contribution in [-0.4, -0.2) is 9.97 Å². The van der Waals surface area contributed by atoms with Gasteiger partial charge in [0.05, 0.1) is 11.1 Å². The summed E-state index contributed by atoms with van der Waals surface area (Å²) in [5, 5.41) is 2.22. The maximum Gasteiger partial charge on any atom is 2.00 e. The summed E-state index contributed by atoms with van der Waals surface area (Å²) >= 11 is 0. The van der Waals surface area contributed by atoms with Crippen molar-refractivity contribution in [2.24, 2.45) is 0 Å². The molecule has 0 unspecified atom stereocenters. The minimum absolute atomic E-state index is 0. The van der Waals surface area contributed by atoms with E-state index < -0.39 is 5.41 Å². The van der Waals surface area contributed by atoms with E-state index in [1.807, 2.05) is 60.9 Å². The van der Waals surface area contributed by atoms with Gasteiger partial charge in [0, 0.05) is 23.9 Å². The summed E-state index contributed by atoms with van der Waals surface area (Å²) in [4.78, 5) is 9.82. The molecule has 254 valence electrons. The molecule has 0 aliphatic heterocycles. The van der Waals surface area contributed by atoms with Gasteiger partial charge in [-0.25, -0.2) is 0 Å². The van der Waals surface area contributed by atoms with Gasteiger partial charge in [-0.1, -0.05) is 114 Å². The summed E-state index contributed by atoms with van der Waals surface area (Å²) in [6.45, 7) is 13.6. The van der Waals surface area contributed by atoms with Crippen molar-refractivity contribution in [1.29, 1.82) is 0 Å². The van der Waals surface area contributed by atoms with Gasteiger partial charge in [0.1, 0.15) is 0 Å². The van der Waals surface area contributed by atoms with Crippen molar-refractivity contribution in [2.45, 2.75) is 57.8 Å². The standard InChI is InChI=1S/C47H40N2O.Pt/c1-45(2,3)33-20-22-39-40-23-21-34(46(4,5)6)30-42(40)47(41(39)29-33,43-19-9-10-25-48-43)35-15-12-17-37(28-35)50-36-16-11-14-32(27-36)44-38-18-8-7-13-31(38)24-26-49-44;/h7-26,29-30H,1-6H3;/q-2;+2. The Bertz CT molecular complexity index is 2320. The molecule has 0 bridgehead atoms. The molecule has 0 saturated heterocycles. The molecule has 2 heterocycles. The molecule has 0 radical (unpaired) electrons. The number of pyridine rings is 2. The maximum atomic E-state index is 6.61. The fraction of sp³-hybridized carbons (Fsp3) is 0.191. The topological polar surface area (TPSA) is 35.0 Å². The van der Waals surface area contributed by atoms with Gasteiger partial charge in [0.15, 0.2) is 0 Å². The molecule has 1 aliphatic carbocycles. The molecule has 0 fully saturated rings. The van der Waals surface area contributed by atoms with Gasteiger partial charge in [-0.05, 0) is 78.9 Å². The van der Waals surface area contributed by atoms with Crippen molar-refractivity contribution < 1.29 is 25.8 Å². The van der Waals surface area contributed by atoms with E-state index in [2.05, 4.69) is 126 Å². The summed E-state index contributed by atoms with van der Waals surface area (Å²) in [7, 11) is 0.